The first-order valence-corrected chi connectivity index (χ1v) is 5.49. The molecular weight excluding hydrogens is 247 g/mol. The molecule has 102 valence electrons. The number of amides is 1. The third-order valence-corrected chi connectivity index (χ3v) is 2.24. The molecule has 0 spiro atoms. The number of halogens is 3. The lowest BCUT2D eigenvalue weighted by Crippen LogP contribution is -2.36. The summed E-state index contributed by atoms with van der Waals surface area (Å²) in [7, 11) is 0. The van der Waals surface area contributed by atoms with Crippen LogP contribution in [0.25, 0.3) is 0 Å². The van der Waals surface area contributed by atoms with E-state index < -0.39 is 17.3 Å². The number of nitrogens with zero attached hydrogens (tertiary/aromatic N) is 2. The van der Waals surface area contributed by atoms with Crippen LogP contribution in [0.3, 0.4) is 0 Å². The molecule has 1 N–H and O–H groups in total. The number of hydrogen-bond donors (Lipinski definition) is 1. The molecule has 4 nitrogen and oxygen atoms in total. The number of nitrogens with one attached hydrogen (secondary N) is 1. The Morgan fingerprint density at radius 2 is 2.00 bits per heavy atom. The summed E-state index contributed by atoms with van der Waals surface area (Å²) in [5.41, 5.74) is -1.44. The molecule has 1 heterocycles. The van der Waals surface area contributed by atoms with Crippen LogP contribution in [-0.4, -0.2) is 22.2 Å². The maximum absolute atomic E-state index is 12.3. The number of alkyl halides is 3. The van der Waals surface area contributed by atoms with Crippen LogP contribution in [-0.2, 0) is 17.5 Å². The van der Waals surface area contributed by atoms with Crippen molar-refractivity contribution in [1.82, 2.24) is 15.1 Å². The fourth-order valence-electron chi connectivity index (χ4n) is 1.19. The Balaban J connectivity index is 2.46. The number of rotatable bonds is 3. The van der Waals surface area contributed by atoms with E-state index in [1.165, 1.54) is 6.20 Å². The summed E-state index contributed by atoms with van der Waals surface area (Å²) in [6.07, 6.45) is -3.19. The fourth-order valence-corrected chi connectivity index (χ4v) is 1.19. The van der Waals surface area contributed by atoms with Crippen LogP contribution in [0.4, 0.5) is 13.2 Å². The Kier molecular flexibility index (Phi) is 4.03. The number of hydrogen-bond acceptors (Lipinski definition) is 2. The van der Waals surface area contributed by atoms with Crippen molar-refractivity contribution in [3.8, 4) is 0 Å². The highest BCUT2D eigenvalue weighted by molar-refractivity contribution is 5.81. The summed E-state index contributed by atoms with van der Waals surface area (Å²) < 4.78 is 37.9. The molecule has 1 amide bonds. The zero-order valence-corrected chi connectivity index (χ0v) is 10.5. The molecule has 0 radical (unpaired) electrons. The van der Waals surface area contributed by atoms with Crippen molar-refractivity contribution in [2.24, 2.45) is 5.41 Å². The zero-order chi connectivity index (χ0) is 14.0. The van der Waals surface area contributed by atoms with E-state index in [0.29, 0.717) is 0 Å². The molecular formula is C11H16F3N3O. The standard InChI is InChI=1S/C11H16F3N3O/c1-10(2,3)9(18)15-5-7-17-6-4-8(16-17)11(12,13)14/h4,6H,5,7H2,1-3H3,(H,15,18). The van der Waals surface area contributed by atoms with E-state index in [4.69, 9.17) is 0 Å². The highest BCUT2D eigenvalue weighted by atomic mass is 19.4. The van der Waals surface area contributed by atoms with Gasteiger partial charge in [0.05, 0.1) is 6.54 Å². The topological polar surface area (TPSA) is 46.9 Å². The molecule has 0 saturated heterocycles. The van der Waals surface area contributed by atoms with Crippen LogP contribution in [0.15, 0.2) is 12.3 Å². The van der Waals surface area contributed by atoms with E-state index in [1.807, 2.05) is 0 Å². The lowest BCUT2D eigenvalue weighted by molar-refractivity contribution is -0.141. The van der Waals surface area contributed by atoms with Crippen molar-refractivity contribution in [3.63, 3.8) is 0 Å². The van der Waals surface area contributed by atoms with Gasteiger partial charge < -0.3 is 5.32 Å². The van der Waals surface area contributed by atoms with Crippen LogP contribution >= 0.6 is 0 Å². The zero-order valence-electron chi connectivity index (χ0n) is 10.5. The van der Waals surface area contributed by atoms with Gasteiger partial charge in [-0.25, -0.2) is 0 Å². The quantitative estimate of drug-likeness (QED) is 0.907. The van der Waals surface area contributed by atoms with Gasteiger partial charge in [0, 0.05) is 18.2 Å². The van der Waals surface area contributed by atoms with E-state index >= 15 is 0 Å². The first-order chi connectivity index (χ1) is 8.10. The maximum atomic E-state index is 12.3. The first kappa shape index (κ1) is 14.5. The van der Waals surface area contributed by atoms with E-state index in [9.17, 15) is 18.0 Å². The highest BCUT2D eigenvalue weighted by Gasteiger charge is 2.33. The van der Waals surface area contributed by atoms with E-state index in [1.54, 1.807) is 20.8 Å². The molecule has 0 atom stereocenters. The number of carbonyl (C=O) groups excluding carboxylic acids is 1. The Bertz CT molecular complexity index is 418. The Morgan fingerprint density at radius 1 is 1.39 bits per heavy atom. The second kappa shape index (κ2) is 4.99. The largest absolute Gasteiger partial charge is 0.435 e. The van der Waals surface area contributed by atoms with Gasteiger partial charge in [0.1, 0.15) is 0 Å². The van der Waals surface area contributed by atoms with E-state index in [-0.39, 0.29) is 19.0 Å². The average molecular weight is 263 g/mol. The summed E-state index contributed by atoms with van der Waals surface area (Å²) in [6, 6.07) is 0.908. The van der Waals surface area contributed by atoms with Crippen molar-refractivity contribution < 1.29 is 18.0 Å². The maximum Gasteiger partial charge on any atom is 0.435 e. The normalized spacial score (nSPS) is 12.6. The lowest BCUT2D eigenvalue weighted by atomic mass is 9.96. The van der Waals surface area contributed by atoms with E-state index in [2.05, 4.69) is 10.4 Å². The van der Waals surface area contributed by atoms with Crippen LogP contribution in [0.5, 0.6) is 0 Å². The van der Waals surface area contributed by atoms with Gasteiger partial charge in [0.2, 0.25) is 5.91 Å². The van der Waals surface area contributed by atoms with Gasteiger partial charge in [0.15, 0.2) is 5.69 Å². The predicted molar refractivity (Wildman–Crippen MR) is 59.7 cm³/mol. The fraction of sp³-hybridized carbons (Fsp3) is 0.636. The summed E-state index contributed by atoms with van der Waals surface area (Å²) in [5, 5.41) is 6.02. The highest BCUT2D eigenvalue weighted by Crippen LogP contribution is 2.27. The monoisotopic (exact) mass is 263 g/mol. The Labute approximate surface area is 103 Å². The average Bonchev–Trinajstić information content (AvgIpc) is 2.64. The molecule has 7 heteroatoms. The molecule has 1 rings (SSSR count). The summed E-state index contributed by atoms with van der Waals surface area (Å²) >= 11 is 0. The number of aromatic nitrogens is 2. The summed E-state index contributed by atoms with van der Waals surface area (Å²) in [6.45, 7) is 5.74. The first-order valence-electron chi connectivity index (χ1n) is 5.49. The van der Waals surface area contributed by atoms with Crippen LogP contribution in [0, 0.1) is 5.41 Å². The molecule has 1 aromatic heterocycles. The van der Waals surface area contributed by atoms with Crippen LogP contribution < -0.4 is 5.32 Å². The van der Waals surface area contributed by atoms with Gasteiger partial charge in [-0.15, -0.1) is 0 Å². The molecule has 0 fully saturated rings. The van der Waals surface area contributed by atoms with Crippen molar-refractivity contribution >= 4 is 5.91 Å². The van der Waals surface area contributed by atoms with Crippen LogP contribution in [0.1, 0.15) is 26.5 Å². The minimum absolute atomic E-state index is 0.147. The Morgan fingerprint density at radius 3 is 2.44 bits per heavy atom. The molecule has 1 aromatic rings. The van der Waals surface area contributed by atoms with Crippen molar-refractivity contribution in [2.75, 3.05) is 6.54 Å². The summed E-state index contributed by atoms with van der Waals surface area (Å²) in [5.74, 6) is -0.147. The van der Waals surface area contributed by atoms with Crippen LogP contribution in [0.2, 0.25) is 0 Å². The van der Waals surface area contributed by atoms with E-state index in [0.717, 1.165) is 10.7 Å². The molecule has 18 heavy (non-hydrogen) atoms. The third-order valence-electron chi connectivity index (χ3n) is 2.24. The minimum atomic E-state index is -4.43. The van der Waals surface area contributed by atoms with Crippen molar-refractivity contribution in [1.29, 1.82) is 0 Å². The molecule has 0 aliphatic carbocycles. The van der Waals surface area contributed by atoms with Gasteiger partial charge in [-0.1, -0.05) is 20.8 Å². The Hall–Kier alpha value is -1.53. The summed E-state index contributed by atoms with van der Waals surface area (Å²) in [4.78, 5) is 11.5. The van der Waals surface area contributed by atoms with Crippen molar-refractivity contribution in [2.45, 2.75) is 33.5 Å². The number of carbonyl (C=O) groups is 1. The van der Waals surface area contributed by atoms with Crippen molar-refractivity contribution in [3.05, 3.63) is 18.0 Å². The molecule has 0 saturated carbocycles. The minimum Gasteiger partial charge on any atom is -0.354 e. The molecule has 0 aromatic carbocycles. The molecule has 0 bridgehead atoms. The van der Waals surface area contributed by atoms with Gasteiger partial charge in [-0.2, -0.15) is 18.3 Å². The molecule has 0 unspecified atom stereocenters. The van der Waals surface area contributed by atoms with Gasteiger partial charge >= 0.3 is 6.18 Å². The van der Waals surface area contributed by atoms with Gasteiger partial charge in [0.25, 0.3) is 0 Å². The predicted octanol–water partition coefficient (Wildman–Crippen LogP) is 2.06. The van der Waals surface area contributed by atoms with Gasteiger partial charge in [-0.3, -0.25) is 9.48 Å². The molecule has 0 aliphatic rings. The SMILES string of the molecule is CC(C)(C)C(=O)NCCn1ccc(C(F)(F)F)n1. The molecule has 0 aliphatic heterocycles. The lowest BCUT2D eigenvalue weighted by Gasteiger charge is -2.17. The second-order valence-electron chi connectivity index (χ2n) is 4.97. The smallest absolute Gasteiger partial charge is 0.354 e. The second-order valence-corrected chi connectivity index (χ2v) is 4.97. The van der Waals surface area contributed by atoms with Gasteiger partial charge in [-0.05, 0) is 6.07 Å². The third kappa shape index (κ3) is 4.05.